The minimum Gasteiger partial charge on any atom is -0.383 e. The normalized spacial score (nSPS) is 14.3. The van der Waals surface area contributed by atoms with Crippen LogP contribution in [0.15, 0.2) is 30.6 Å². The highest BCUT2D eigenvalue weighted by molar-refractivity contribution is 5.98. The van der Waals surface area contributed by atoms with Crippen LogP contribution in [0.5, 0.6) is 0 Å². The molecule has 1 aromatic carbocycles. The Bertz CT molecular complexity index is 770. The van der Waals surface area contributed by atoms with Crippen LogP contribution in [0.2, 0.25) is 0 Å². The molecular formula is C17H20FN5O2. The number of carbonyl (C=O) groups excluding carboxylic acids is 1. The van der Waals surface area contributed by atoms with Gasteiger partial charge in [0.05, 0.1) is 30.9 Å². The number of hydrogen-bond acceptors (Lipinski definition) is 6. The van der Waals surface area contributed by atoms with E-state index in [-0.39, 0.29) is 24.7 Å². The van der Waals surface area contributed by atoms with E-state index in [9.17, 15) is 9.18 Å². The van der Waals surface area contributed by atoms with Crippen molar-refractivity contribution in [3.05, 3.63) is 42.0 Å². The van der Waals surface area contributed by atoms with E-state index in [4.69, 9.17) is 4.74 Å². The Morgan fingerprint density at radius 1 is 1.28 bits per heavy atom. The van der Waals surface area contributed by atoms with Gasteiger partial charge in [-0.2, -0.15) is 0 Å². The molecule has 1 N–H and O–H groups in total. The third-order valence-electron chi connectivity index (χ3n) is 4.02. The quantitative estimate of drug-likeness (QED) is 0.831. The van der Waals surface area contributed by atoms with Crippen LogP contribution in [-0.2, 0) is 16.1 Å². The van der Waals surface area contributed by atoms with Crippen LogP contribution in [-0.4, -0.2) is 49.7 Å². The number of nitrogens with zero attached hydrogens (tertiary/aromatic N) is 4. The van der Waals surface area contributed by atoms with Crippen molar-refractivity contribution < 1.29 is 13.9 Å². The van der Waals surface area contributed by atoms with Gasteiger partial charge >= 0.3 is 0 Å². The van der Waals surface area contributed by atoms with Gasteiger partial charge in [0.15, 0.2) is 0 Å². The summed E-state index contributed by atoms with van der Waals surface area (Å²) >= 11 is 0. The summed E-state index contributed by atoms with van der Waals surface area (Å²) in [6.07, 6.45) is 1.45. The van der Waals surface area contributed by atoms with Crippen molar-refractivity contribution in [1.29, 1.82) is 0 Å². The van der Waals surface area contributed by atoms with Crippen LogP contribution < -0.4 is 15.1 Å². The molecular weight excluding hydrogens is 325 g/mol. The Hall–Kier alpha value is -2.74. The Balaban J connectivity index is 2.00. The highest BCUT2D eigenvalue weighted by Gasteiger charge is 2.29. The standard InChI is InChI=1S/C17H20FN5O2/c1-22-10-15(24)23(14-6-4-3-5-13(14)18)9-12-16(19-7-8-25-2)20-11-21-17(12)22/h3-6,11H,7-10H2,1-2H3,(H,19,20,21). The van der Waals surface area contributed by atoms with Crippen LogP contribution in [0, 0.1) is 5.82 Å². The number of para-hydroxylation sites is 1. The summed E-state index contributed by atoms with van der Waals surface area (Å²) < 4.78 is 19.3. The zero-order valence-electron chi connectivity index (χ0n) is 14.2. The number of aromatic nitrogens is 2. The van der Waals surface area contributed by atoms with Gasteiger partial charge in [-0.25, -0.2) is 14.4 Å². The van der Waals surface area contributed by atoms with Gasteiger partial charge in [0, 0.05) is 20.7 Å². The molecule has 8 heteroatoms. The fourth-order valence-corrected chi connectivity index (χ4v) is 2.80. The molecule has 2 heterocycles. The number of nitrogens with one attached hydrogen (secondary N) is 1. The summed E-state index contributed by atoms with van der Waals surface area (Å²) in [5, 5.41) is 3.19. The van der Waals surface area contributed by atoms with Crippen molar-refractivity contribution in [3.63, 3.8) is 0 Å². The third-order valence-corrected chi connectivity index (χ3v) is 4.02. The number of hydrogen-bond donors (Lipinski definition) is 1. The Morgan fingerprint density at radius 2 is 2.08 bits per heavy atom. The van der Waals surface area contributed by atoms with Gasteiger partial charge in [0.2, 0.25) is 5.91 Å². The van der Waals surface area contributed by atoms with Crippen LogP contribution in [0.3, 0.4) is 0 Å². The fourth-order valence-electron chi connectivity index (χ4n) is 2.80. The molecule has 132 valence electrons. The third kappa shape index (κ3) is 3.53. The average Bonchev–Trinajstić information content (AvgIpc) is 2.73. The lowest BCUT2D eigenvalue weighted by Gasteiger charge is -2.22. The molecule has 0 saturated heterocycles. The number of fused-ring (bicyclic) bond motifs is 1. The molecule has 0 radical (unpaired) electrons. The Morgan fingerprint density at radius 3 is 2.84 bits per heavy atom. The highest BCUT2D eigenvalue weighted by atomic mass is 19.1. The minimum absolute atomic E-state index is 0.107. The first kappa shape index (κ1) is 17.1. The second-order valence-electron chi connectivity index (χ2n) is 5.73. The second-order valence-corrected chi connectivity index (χ2v) is 5.73. The van der Waals surface area contributed by atoms with Gasteiger partial charge in [0.1, 0.15) is 23.8 Å². The summed E-state index contributed by atoms with van der Waals surface area (Å²) in [4.78, 5) is 24.4. The number of benzene rings is 1. The predicted molar refractivity (Wildman–Crippen MR) is 93.3 cm³/mol. The van der Waals surface area contributed by atoms with E-state index < -0.39 is 5.82 Å². The van der Waals surface area contributed by atoms with Crippen molar-refractivity contribution in [2.75, 3.05) is 49.0 Å². The number of ether oxygens (including phenoxy) is 1. The topological polar surface area (TPSA) is 70.6 Å². The number of rotatable bonds is 5. The van der Waals surface area contributed by atoms with Crippen molar-refractivity contribution in [2.45, 2.75) is 6.54 Å². The molecule has 25 heavy (non-hydrogen) atoms. The van der Waals surface area contributed by atoms with Gasteiger partial charge in [-0.05, 0) is 12.1 Å². The smallest absolute Gasteiger partial charge is 0.246 e. The SMILES string of the molecule is COCCNc1ncnc2c1CN(c1ccccc1F)C(=O)CN2C. The van der Waals surface area contributed by atoms with E-state index in [2.05, 4.69) is 15.3 Å². The lowest BCUT2D eigenvalue weighted by atomic mass is 10.2. The molecule has 1 amide bonds. The average molecular weight is 345 g/mol. The molecule has 1 aromatic heterocycles. The maximum Gasteiger partial charge on any atom is 0.246 e. The Kier molecular flexibility index (Phi) is 5.08. The molecule has 1 aliphatic rings. The van der Waals surface area contributed by atoms with E-state index in [1.165, 1.54) is 17.3 Å². The number of likely N-dealkylation sites (N-methyl/N-ethyl adjacent to an activating group) is 1. The van der Waals surface area contributed by atoms with Crippen LogP contribution in [0.4, 0.5) is 21.7 Å². The number of halogens is 1. The van der Waals surface area contributed by atoms with Crippen molar-refractivity contribution in [3.8, 4) is 0 Å². The molecule has 1 aliphatic heterocycles. The number of anilines is 3. The fraction of sp³-hybridized carbons (Fsp3) is 0.353. The van der Waals surface area contributed by atoms with E-state index in [1.807, 2.05) is 0 Å². The largest absolute Gasteiger partial charge is 0.383 e. The van der Waals surface area contributed by atoms with Gasteiger partial charge in [-0.15, -0.1) is 0 Å². The van der Waals surface area contributed by atoms with Crippen LogP contribution in [0.1, 0.15) is 5.56 Å². The monoisotopic (exact) mass is 345 g/mol. The molecule has 0 fully saturated rings. The molecule has 7 nitrogen and oxygen atoms in total. The second kappa shape index (κ2) is 7.43. The maximum absolute atomic E-state index is 14.2. The Labute approximate surface area is 145 Å². The maximum atomic E-state index is 14.2. The molecule has 0 bridgehead atoms. The molecule has 0 atom stereocenters. The van der Waals surface area contributed by atoms with Gasteiger partial charge in [-0.1, -0.05) is 12.1 Å². The molecule has 0 aliphatic carbocycles. The minimum atomic E-state index is -0.437. The van der Waals surface area contributed by atoms with Crippen LogP contribution in [0.25, 0.3) is 0 Å². The predicted octanol–water partition coefficient (Wildman–Crippen LogP) is 1.66. The lowest BCUT2D eigenvalue weighted by Crippen LogP contribution is -2.36. The van der Waals surface area contributed by atoms with E-state index >= 15 is 0 Å². The first-order valence-electron chi connectivity index (χ1n) is 7.94. The van der Waals surface area contributed by atoms with Crippen LogP contribution >= 0.6 is 0 Å². The number of carbonyl (C=O) groups is 1. The van der Waals surface area contributed by atoms with Gasteiger partial charge < -0.3 is 19.9 Å². The molecule has 0 spiro atoms. The molecule has 0 saturated carbocycles. The first-order chi connectivity index (χ1) is 12.1. The number of amides is 1. The summed E-state index contributed by atoms with van der Waals surface area (Å²) in [7, 11) is 3.40. The van der Waals surface area contributed by atoms with Crippen molar-refractivity contribution in [1.82, 2.24) is 9.97 Å². The first-order valence-corrected chi connectivity index (χ1v) is 7.94. The summed E-state index contributed by atoms with van der Waals surface area (Å²) in [6.45, 7) is 1.38. The lowest BCUT2D eigenvalue weighted by molar-refractivity contribution is -0.117. The highest BCUT2D eigenvalue weighted by Crippen LogP contribution is 2.30. The summed E-state index contributed by atoms with van der Waals surface area (Å²) in [5.74, 6) is 0.633. The van der Waals surface area contributed by atoms with Gasteiger partial charge in [0.25, 0.3) is 0 Å². The molecule has 0 unspecified atom stereocenters. The van der Waals surface area contributed by atoms with Crippen molar-refractivity contribution in [2.24, 2.45) is 0 Å². The zero-order valence-corrected chi connectivity index (χ0v) is 14.2. The van der Waals surface area contributed by atoms with E-state index in [0.29, 0.717) is 24.8 Å². The van der Waals surface area contributed by atoms with E-state index in [0.717, 1.165) is 5.56 Å². The van der Waals surface area contributed by atoms with Gasteiger partial charge in [-0.3, -0.25) is 4.79 Å². The van der Waals surface area contributed by atoms with E-state index in [1.54, 1.807) is 37.3 Å². The molecule has 2 aromatic rings. The summed E-state index contributed by atoms with van der Waals surface area (Å²) in [6, 6.07) is 6.25. The number of methoxy groups -OCH3 is 1. The summed E-state index contributed by atoms with van der Waals surface area (Å²) in [5.41, 5.74) is 0.996. The zero-order chi connectivity index (χ0) is 17.8. The molecule has 3 rings (SSSR count). The van der Waals surface area contributed by atoms with Crippen molar-refractivity contribution >= 4 is 23.2 Å².